The molecule has 4 aromatic rings. The van der Waals surface area contributed by atoms with Crippen molar-refractivity contribution in [3.63, 3.8) is 0 Å². The molecule has 0 saturated heterocycles. The number of halogens is 3. The van der Waals surface area contributed by atoms with E-state index in [1.807, 2.05) is 23.7 Å². The molecule has 1 aromatic carbocycles. The summed E-state index contributed by atoms with van der Waals surface area (Å²) in [5, 5.41) is 8.23. The average Bonchev–Trinajstić information content (AvgIpc) is 3.27. The topological polar surface area (TPSA) is 57.1 Å². The SMILES string of the molecule is Cn1cnnc1C(=C1CCC1)c1cccc(-n2cc3c(C(F)(F)F)cccn3c2=O)c1. The van der Waals surface area contributed by atoms with Crippen molar-refractivity contribution in [2.75, 3.05) is 0 Å². The summed E-state index contributed by atoms with van der Waals surface area (Å²) >= 11 is 0. The zero-order valence-corrected chi connectivity index (χ0v) is 16.6. The van der Waals surface area contributed by atoms with Crippen LogP contribution in [0.3, 0.4) is 0 Å². The Bertz CT molecular complexity index is 1380. The Balaban J connectivity index is 1.68. The molecule has 0 bridgehead atoms. The lowest BCUT2D eigenvalue weighted by atomic mass is 9.84. The number of aryl methyl sites for hydroxylation is 1. The molecule has 3 heterocycles. The molecule has 0 aliphatic heterocycles. The molecule has 6 nitrogen and oxygen atoms in total. The summed E-state index contributed by atoms with van der Waals surface area (Å²) < 4.78 is 44.3. The van der Waals surface area contributed by atoms with Gasteiger partial charge in [-0.25, -0.2) is 4.79 Å². The van der Waals surface area contributed by atoms with Gasteiger partial charge >= 0.3 is 11.9 Å². The normalized spacial score (nSPS) is 14.1. The summed E-state index contributed by atoms with van der Waals surface area (Å²) in [6.45, 7) is 0. The van der Waals surface area contributed by atoms with Gasteiger partial charge in [0.25, 0.3) is 0 Å². The van der Waals surface area contributed by atoms with Crippen LogP contribution >= 0.6 is 0 Å². The maximum absolute atomic E-state index is 13.4. The molecule has 0 atom stereocenters. The molecular weight excluding hydrogens is 407 g/mol. The summed E-state index contributed by atoms with van der Waals surface area (Å²) in [5.41, 5.74) is 1.95. The van der Waals surface area contributed by atoms with Gasteiger partial charge in [0.05, 0.1) is 16.8 Å². The predicted molar refractivity (Wildman–Crippen MR) is 109 cm³/mol. The van der Waals surface area contributed by atoms with Gasteiger partial charge < -0.3 is 4.57 Å². The molecule has 1 aliphatic rings. The molecule has 1 saturated carbocycles. The molecule has 5 rings (SSSR count). The molecule has 0 unspecified atom stereocenters. The minimum Gasteiger partial charge on any atom is -0.317 e. The molecule has 0 amide bonds. The van der Waals surface area contributed by atoms with E-state index in [2.05, 4.69) is 10.2 Å². The van der Waals surface area contributed by atoms with Crippen LogP contribution in [0.2, 0.25) is 0 Å². The van der Waals surface area contributed by atoms with Crippen molar-refractivity contribution in [2.24, 2.45) is 7.05 Å². The smallest absolute Gasteiger partial charge is 0.317 e. The third-order valence-corrected chi connectivity index (χ3v) is 5.66. The Kier molecular flexibility index (Phi) is 4.35. The van der Waals surface area contributed by atoms with Crippen LogP contribution in [-0.4, -0.2) is 23.7 Å². The number of hydrogen-bond donors (Lipinski definition) is 0. The summed E-state index contributed by atoms with van der Waals surface area (Å²) in [6, 6.07) is 9.43. The molecule has 3 aromatic heterocycles. The van der Waals surface area contributed by atoms with Crippen LogP contribution in [0.25, 0.3) is 16.8 Å². The number of benzene rings is 1. The summed E-state index contributed by atoms with van der Waals surface area (Å²) in [7, 11) is 1.86. The Hall–Kier alpha value is -3.62. The Morgan fingerprint density at radius 2 is 1.94 bits per heavy atom. The maximum atomic E-state index is 13.4. The number of hydrogen-bond acceptors (Lipinski definition) is 3. The molecule has 158 valence electrons. The lowest BCUT2D eigenvalue weighted by molar-refractivity contribution is -0.136. The zero-order chi connectivity index (χ0) is 21.8. The average molecular weight is 425 g/mol. The molecular formula is C22H18F3N5O. The summed E-state index contributed by atoms with van der Waals surface area (Å²) in [5.74, 6) is 0.723. The minimum absolute atomic E-state index is 0.184. The number of fused-ring (bicyclic) bond motifs is 1. The van der Waals surface area contributed by atoms with Gasteiger partial charge in [-0.2, -0.15) is 13.2 Å². The van der Waals surface area contributed by atoms with Gasteiger partial charge in [-0.1, -0.05) is 17.7 Å². The van der Waals surface area contributed by atoms with Crippen molar-refractivity contribution in [2.45, 2.75) is 25.4 Å². The van der Waals surface area contributed by atoms with Crippen LogP contribution in [0.1, 0.15) is 36.2 Å². The van der Waals surface area contributed by atoms with Gasteiger partial charge in [0.1, 0.15) is 6.33 Å². The van der Waals surface area contributed by atoms with Crippen molar-refractivity contribution in [1.82, 2.24) is 23.7 Å². The molecule has 0 N–H and O–H groups in total. The number of pyridine rings is 1. The van der Waals surface area contributed by atoms with Gasteiger partial charge in [-0.3, -0.25) is 8.97 Å². The Morgan fingerprint density at radius 3 is 2.58 bits per heavy atom. The van der Waals surface area contributed by atoms with Gasteiger partial charge in [-0.15, -0.1) is 10.2 Å². The van der Waals surface area contributed by atoms with Crippen LogP contribution in [0, 0.1) is 0 Å². The van der Waals surface area contributed by atoms with Gasteiger partial charge in [0.2, 0.25) is 0 Å². The van der Waals surface area contributed by atoms with Crippen molar-refractivity contribution in [3.8, 4) is 5.69 Å². The molecule has 0 radical (unpaired) electrons. The van der Waals surface area contributed by atoms with Crippen molar-refractivity contribution in [1.29, 1.82) is 0 Å². The standard InChI is InChI=1S/C22H18F3N5O/c1-28-13-26-27-20(28)19(14-5-2-6-14)15-7-3-8-16(11-15)30-12-18-17(22(23,24)25)9-4-10-29(18)21(30)31/h3-4,7-13H,2,5-6H2,1H3. The summed E-state index contributed by atoms with van der Waals surface area (Å²) in [6.07, 6.45) is 2.66. The highest BCUT2D eigenvalue weighted by molar-refractivity contribution is 5.80. The number of imidazole rings is 1. The van der Waals surface area contributed by atoms with Crippen LogP contribution in [-0.2, 0) is 13.2 Å². The monoisotopic (exact) mass is 425 g/mol. The van der Waals surface area contributed by atoms with Gasteiger partial charge in [-0.05, 0) is 49.1 Å². The molecule has 31 heavy (non-hydrogen) atoms. The lowest BCUT2D eigenvalue weighted by Crippen LogP contribution is -2.19. The molecule has 0 spiro atoms. The van der Waals surface area contributed by atoms with Crippen LogP contribution in [0.15, 0.2) is 65.5 Å². The fraction of sp³-hybridized carbons (Fsp3) is 0.227. The number of allylic oxidation sites excluding steroid dienone is 1. The minimum atomic E-state index is -4.56. The first kappa shape index (κ1) is 19.3. The van der Waals surface area contributed by atoms with E-state index < -0.39 is 17.4 Å². The second-order valence-corrected chi connectivity index (χ2v) is 7.60. The molecule has 1 fully saturated rings. The fourth-order valence-corrected chi connectivity index (χ4v) is 3.95. The van der Waals surface area contributed by atoms with Crippen molar-refractivity contribution < 1.29 is 13.2 Å². The van der Waals surface area contributed by atoms with E-state index >= 15 is 0 Å². The molecule has 9 heteroatoms. The lowest BCUT2D eigenvalue weighted by Gasteiger charge is -2.22. The van der Waals surface area contributed by atoms with Crippen LogP contribution in [0.4, 0.5) is 13.2 Å². The number of rotatable bonds is 3. The third kappa shape index (κ3) is 3.17. The van der Waals surface area contributed by atoms with Gasteiger partial charge in [0, 0.05) is 25.0 Å². The van der Waals surface area contributed by atoms with Crippen LogP contribution < -0.4 is 5.69 Å². The number of nitrogens with zero attached hydrogens (tertiary/aromatic N) is 5. The maximum Gasteiger partial charge on any atom is 0.418 e. The first-order valence-corrected chi connectivity index (χ1v) is 9.82. The number of aromatic nitrogens is 5. The highest BCUT2D eigenvalue weighted by atomic mass is 19.4. The van der Waals surface area contributed by atoms with E-state index in [-0.39, 0.29) is 5.52 Å². The first-order chi connectivity index (χ1) is 14.8. The zero-order valence-electron chi connectivity index (χ0n) is 16.6. The van der Waals surface area contributed by atoms with E-state index in [9.17, 15) is 18.0 Å². The Morgan fingerprint density at radius 1 is 1.13 bits per heavy atom. The van der Waals surface area contributed by atoms with Gasteiger partial charge in [0.15, 0.2) is 5.82 Å². The number of alkyl halides is 3. The summed E-state index contributed by atoms with van der Waals surface area (Å²) in [4.78, 5) is 12.9. The highest BCUT2D eigenvalue weighted by Gasteiger charge is 2.33. The van der Waals surface area contributed by atoms with Crippen molar-refractivity contribution >= 4 is 11.1 Å². The van der Waals surface area contributed by atoms with E-state index in [0.717, 1.165) is 46.7 Å². The molecule has 1 aliphatic carbocycles. The van der Waals surface area contributed by atoms with E-state index in [4.69, 9.17) is 0 Å². The quantitative estimate of drug-likeness (QED) is 0.494. The van der Waals surface area contributed by atoms with E-state index in [1.54, 1.807) is 18.5 Å². The van der Waals surface area contributed by atoms with E-state index in [0.29, 0.717) is 5.69 Å². The highest BCUT2D eigenvalue weighted by Crippen LogP contribution is 2.37. The second-order valence-electron chi connectivity index (χ2n) is 7.60. The second kappa shape index (κ2) is 6.97. The third-order valence-electron chi connectivity index (χ3n) is 5.66. The Labute approximate surface area is 174 Å². The fourth-order valence-electron chi connectivity index (χ4n) is 3.95. The first-order valence-electron chi connectivity index (χ1n) is 9.82. The predicted octanol–water partition coefficient (Wildman–Crippen LogP) is 4.22. The van der Waals surface area contributed by atoms with E-state index in [1.165, 1.54) is 28.6 Å². The largest absolute Gasteiger partial charge is 0.418 e. The van der Waals surface area contributed by atoms with Crippen molar-refractivity contribution in [3.05, 3.63) is 88.1 Å². The van der Waals surface area contributed by atoms with Crippen LogP contribution in [0.5, 0.6) is 0 Å².